The number of carbonyl (C=O) groups excluding carboxylic acids is 1. The van der Waals surface area contributed by atoms with E-state index in [1.54, 1.807) is 38.1 Å². The molecule has 1 heterocycles. The number of ether oxygens (including phenoxy) is 3. The number of carbonyl (C=O) groups is 1. The zero-order chi connectivity index (χ0) is 15.9. The van der Waals surface area contributed by atoms with Gasteiger partial charge in [0.25, 0.3) is 0 Å². The van der Waals surface area contributed by atoms with Crippen LogP contribution in [-0.2, 0) is 14.2 Å². The predicted octanol–water partition coefficient (Wildman–Crippen LogP) is 2.05. The normalized spacial score (nSPS) is 33.0. The summed E-state index contributed by atoms with van der Waals surface area (Å²) in [4.78, 5) is 12.2. The minimum Gasteiger partial charge on any atom is -0.451 e. The Balaban J connectivity index is 1.78. The van der Waals surface area contributed by atoms with E-state index in [9.17, 15) is 9.90 Å². The van der Waals surface area contributed by atoms with Gasteiger partial charge in [0.05, 0.1) is 5.56 Å². The second kappa shape index (κ2) is 5.50. The molecule has 1 aliphatic carbocycles. The number of aliphatic hydroxyl groups is 1. The largest absolute Gasteiger partial charge is 0.451 e. The van der Waals surface area contributed by atoms with Crippen molar-refractivity contribution in [1.29, 1.82) is 0 Å². The Labute approximate surface area is 129 Å². The number of rotatable bonds is 2. The SMILES string of the molecule is CC1=C[C@H]2OC(C)(C)O[C@H]2[C@H](O)[C@H]1OC(=O)c1ccccc1. The summed E-state index contributed by atoms with van der Waals surface area (Å²) >= 11 is 0. The van der Waals surface area contributed by atoms with Crippen molar-refractivity contribution in [2.75, 3.05) is 0 Å². The predicted molar refractivity (Wildman–Crippen MR) is 79.2 cm³/mol. The van der Waals surface area contributed by atoms with E-state index in [2.05, 4.69) is 0 Å². The highest BCUT2D eigenvalue weighted by Crippen LogP contribution is 2.37. The Morgan fingerprint density at radius 2 is 1.91 bits per heavy atom. The van der Waals surface area contributed by atoms with Gasteiger partial charge in [0.1, 0.15) is 18.3 Å². The van der Waals surface area contributed by atoms with Crippen LogP contribution >= 0.6 is 0 Å². The second-order valence-electron chi connectivity index (χ2n) is 6.16. The van der Waals surface area contributed by atoms with E-state index in [4.69, 9.17) is 14.2 Å². The van der Waals surface area contributed by atoms with Crippen molar-refractivity contribution in [2.24, 2.45) is 0 Å². The average Bonchev–Trinajstić information content (AvgIpc) is 2.79. The number of benzene rings is 1. The highest BCUT2D eigenvalue weighted by atomic mass is 16.8. The molecule has 0 aromatic heterocycles. The smallest absolute Gasteiger partial charge is 0.338 e. The lowest BCUT2D eigenvalue weighted by molar-refractivity contribution is -0.158. The molecule has 118 valence electrons. The fourth-order valence-electron chi connectivity index (χ4n) is 2.93. The van der Waals surface area contributed by atoms with Gasteiger partial charge in [-0.25, -0.2) is 4.79 Å². The van der Waals surface area contributed by atoms with E-state index in [0.717, 1.165) is 5.57 Å². The molecule has 0 bridgehead atoms. The molecule has 0 unspecified atom stereocenters. The molecule has 5 heteroatoms. The van der Waals surface area contributed by atoms with Crippen LogP contribution in [0.3, 0.4) is 0 Å². The van der Waals surface area contributed by atoms with E-state index in [0.29, 0.717) is 5.56 Å². The number of esters is 1. The molecule has 5 nitrogen and oxygen atoms in total. The van der Waals surface area contributed by atoms with Crippen molar-refractivity contribution in [2.45, 2.75) is 51.0 Å². The average molecular weight is 304 g/mol. The first-order chi connectivity index (χ1) is 10.4. The van der Waals surface area contributed by atoms with Gasteiger partial charge in [-0.3, -0.25) is 0 Å². The summed E-state index contributed by atoms with van der Waals surface area (Å²) in [7, 11) is 0. The molecule has 0 saturated carbocycles. The third-order valence-corrected chi connectivity index (χ3v) is 3.93. The molecule has 0 spiro atoms. The monoisotopic (exact) mass is 304 g/mol. The molecule has 0 radical (unpaired) electrons. The molecule has 22 heavy (non-hydrogen) atoms. The van der Waals surface area contributed by atoms with Crippen LogP contribution in [0.2, 0.25) is 0 Å². The molecule has 1 fully saturated rings. The van der Waals surface area contributed by atoms with E-state index < -0.39 is 30.1 Å². The summed E-state index contributed by atoms with van der Waals surface area (Å²) in [6.45, 7) is 5.41. The van der Waals surface area contributed by atoms with Crippen LogP contribution in [0.1, 0.15) is 31.1 Å². The zero-order valence-corrected chi connectivity index (χ0v) is 12.9. The van der Waals surface area contributed by atoms with Gasteiger partial charge in [0.2, 0.25) is 0 Å². The molecule has 4 atom stereocenters. The van der Waals surface area contributed by atoms with Crippen LogP contribution in [0.4, 0.5) is 0 Å². The first-order valence-electron chi connectivity index (χ1n) is 7.35. The van der Waals surface area contributed by atoms with Gasteiger partial charge in [0.15, 0.2) is 11.9 Å². The third-order valence-electron chi connectivity index (χ3n) is 3.93. The van der Waals surface area contributed by atoms with Crippen LogP contribution in [0.15, 0.2) is 42.0 Å². The minimum absolute atomic E-state index is 0.323. The molecule has 1 aromatic carbocycles. The molecular weight excluding hydrogens is 284 g/mol. The number of aliphatic hydroxyl groups excluding tert-OH is 1. The summed E-state index contributed by atoms with van der Waals surface area (Å²) in [5, 5.41) is 10.5. The van der Waals surface area contributed by atoms with Crippen molar-refractivity contribution in [1.82, 2.24) is 0 Å². The molecule has 0 amide bonds. The van der Waals surface area contributed by atoms with Crippen LogP contribution in [0, 0.1) is 0 Å². The highest BCUT2D eigenvalue weighted by Gasteiger charge is 2.50. The van der Waals surface area contributed by atoms with Crippen molar-refractivity contribution in [3.8, 4) is 0 Å². The number of fused-ring (bicyclic) bond motifs is 1. The lowest BCUT2D eigenvalue weighted by Gasteiger charge is -2.33. The zero-order valence-electron chi connectivity index (χ0n) is 12.9. The van der Waals surface area contributed by atoms with E-state index in [-0.39, 0.29) is 6.10 Å². The molecule has 1 N–H and O–H groups in total. The maximum atomic E-state index is 12.2. The van der Waals surface area contributed by atoms with E-state index in [1.807, 2.05) is 19.1 Å². The number of hydrogen-bond acceptors (Lipinski definition) is 5. The van der Waals surface area contributed by atoms with Crippen molar-refractivity contribution in [3.05, 3.63) is 47.5 Å². The van der Waals surface area contributed by atoms with Gasteiger partial charge < -0.3 is 19.3 Å². The Bertz CT molecular complexity index is 592. The maximum absolute atomic E-state index is 12.2. The van der Waals surface area contributed by atoms with Crippen LogP contribution in [0.5, 0.6) is 0 Å². The summed E-state index contributed by atoms with van der Waals surface area (Å²) in [6, 6.07) is 8.72. The summed E-state index contributed by atoms with van der Waals surface area (Å²) in [6.07, 6.45) is -0.686. The van der Waals surface area contributed by atoms with Crippen LogP contribution in [-0.4, -0.2) is 41.3 Å². The Morgan fingerprint density at radius 3 is 2.59 bits per heavy atom. The maximum Gasteiger partial charge on any atom is 0.338 e. The summed E-state index contributed by atoms with van der Waals surface area (Å²) in [5.74, 6) is -1.22. The molecule has 1 aromatic rings. The van der Waals surface area contributed by atoms with Crippen molar-refractivity contribution < 1.29 is 24.1 Å². The van der Waals surface area contributed by atoms with Gasteiger partial charge in [-0.1, -0.05) is 24.3 Å². The van der Waals surface area contributed by atoms with Gasteiger partial charge in [0, 0.05) is 0 Å². The first-order valence-corrected chi connectivity index (χ1v) is 7.35. The molecular formula is C17H20O5. The van der Waals surface area contributed by atoms with Crippen molar-refractivity contribution >= 4 is 5.97 Å². The summed E-state index contributed by atoms with van der Waals surface area (Å²) < 4.78 is 16.9. The standard InChI is InChI=1S/C17H20O5/c1-10-9-12-15(22-17(2,3)21-12)13(18)14(10)20-16(19)11-7-5-4-6-8-11/h4-9,12-15,18H,1-3H3/t12-,13-,14+,15-/m1/s1. The fraction of sp³-hybridized carbons (Fsp3) is 0.471. The van der Waals surface area contributed by atoms with Crippen molar-refractivity contribution in [3.63, 3.8) is 0 Å². The van der Waals surface area contributed by atoms with E-state index in [1.165, 1.54) is 0 Å². The lowest BCUT2D eigenvalue weighted by Crippen LogP contribution is -2.48. The van der Waals surface area contributed by atoms with Gasteiger partial charge in [-0.15, -0.1) is 0 Å². The van der Waals surface area contributed by atoms with Crippen LogP contribution < -0.4 is 0 Å². The Hall–Kier alpha value is -1.69. The molecule has 3 rings (SSSR count). The third kappa shape index (κ3) is 2.79. The van der Waals surface area contributed by atoms with E-state index >= 15 is 0 Å². The minimum atomic E-state index is -0.954. The Morgan fingerprint density at radius 1 is 1.23 bits per heavy atom. The molecule has 1 aliphatic heterocycles. The van der Waals surface area contributed by atoms with Gasteiger partial charge >= 0.3 is 5.97 Å². The second-order valence-corrected chi connectivity index (χ2v) is 6.16. The van der Waals surface area contributed by atoms with Crippen LogP contribution in [0.25, 0.3) is 0 Å². The van der Waals surface area contributed by atoms with Gasteiger partial charge in [-0.05, 0) is 38.5 Å². The quantitative estimate of drug-likeness (QED) is 0.669. The molecule has 1 saturated heterocycles. The lowest BCUT2D eigenvalue weighted by atomic mass is 9.90. The summed E-state index contributed by atoms with van der Waals surface area (Å²) in [5.41, 5.74) is 1.22. The fourth-order valence-corrected chi connectivity index (χ4v) is 2.93. The first kappa shape index (κ1) is 15.2. The van der Waals surface area contributed by atoms with Gasteiger partial charge in [-0.2, -0.15) is 0 Å². The Kier molecular flexibility index (Phi) is 3.80. The number of hydrogen-bond donors (Lipinski definition) is 1. The molecule has 2 aliphatic rings. The topological polar surface area (TPSA) is 65.0 Å². The highest BCUT2D eigenvalue weighted by molar-refractivity contribution is 5.89.